The fraction of sp³-hybridized carbons (Fsp3) is 0.0714. The molecule has 0 aliphatic carbocycles. The van der Waals surface area contributed by atoms with E-state index >= 15 is 0 Å². The van der Waals surface area contributed by atoms with Crippen LogP contribution in [0.15, 0.2) is 40.9 Å². The molecule has 0 aliphatic rings. The molecule has 104 valence electrons. The van der Waals surface area contributed by atoms with Crippen molar-refractivity contribution in [1.82, 2.24) is 0 Å². The topological polar surface area (TPSA) is 35.5 Å². The van der Waals surface area contributed by atoms with Crippen LogP contribution in [0.2, 0.25) is 5.02 Å². The van der Waals surface area contributed by atoms with Crippen LogP contribution in [0.25, 0.3) is 0 Å². The van der Waals surface area contributed by atoms with Crippen molar-refractivity contribution in [2.75, 3.05) is 7.11 Å². The first-order valence-corrected chi connectivity index (χ1v) is 6.69. The van der Waals surface area contributed by atoms with Gasteiger partial charge in [-0.05, 0) is 24.3 Å². The minimum absolute atomic E-state index is 0.0248. The minimum Gasteiger partial charge on any atom is -0.465 e. The molecular weight excluding hydrogens is 351 g/mol. The van der Waals surface area contributed by atoms with E-state index in [2.05, 4.69) is 20.7 Å². The Bertz CT molecular complexity index is 661. The highest BCUT2D eigenvalue weighted by molar-refractivity contribution is 9.10. The molecule has 0 atom stereocenters. The van der Waals surface area contributed by atoms with Crippen LogP contribution in [0, 0.1) is 5.82 Å². The minimum atomic E-state index is -0.822. The Kier molecular flexibility index (Phi) is 4.62. The van der Waals surface area contributed by atoms with Crippen LogP contribution in [-0.4, -0.2) is 13.1 Å². The molecule has 0 aliphatic heterocycles. The summed E-state index contributed by atoms with van der Waals surface area (Å²) in [5.41, 5.74) is -0.282. The van der Waals surface area contributed by atoms with Crippen LogP contribution >= 0.6 is 27.5 Å². The Labute approximate surface area is 128 Å². The average Bonchev–Trinajstić information content (AvgIpc) is 2.40. The molecule has 0 unspecified atom stereocenters. The van der Waals surface area contributed by atoms with Crippen LogP contribution in [0.1, 0.15) is 10.4 Å². The van der Waals surface area contributed by atoms with Crippen LogP contribution in [-0.2, 0) is 4.74 Å². The van der Waals surface area contributed by atoms with E-state index in [9.17, 15) is 9.18 Å². The summed E-state index contributed by atoms with van der Waals surface area (Å²) in [5, 5.41) is 0.351. The predicted molar refractivity (Wildman–Crippen MR) is 77.0 cm³/mol. The summed E-state index contributed by atoms with van der Waals surface area (Å²) in [6, 6.07) is 9.32. The van der Waals surface area contributed by atoms with Gasteiger partial charge in [0.15, 0.2) is 0 Å². The van der Waals surface area contributed by atoms with E-state index in [1.165, 1.54) is 13.2 Å². The molecule has 0 bridgehead atoms. The Morgan fingerprint density at radius 3 is 2.60 bits per heavy atom. The number of esters is 1. The van der Waals surface area contributed by atoms with Crippen molar-refractivity contribution in [1.29, 1.82) is 0 Å². The van der Waals surface area contributed by atoms with E-state index in [0.717, 1.165) is 6.07 Å². The van der Waals surface area contributed by atoms with Crippen LogP contribution in [0.3, 0.4) is 0 Å². The third-order valence-corrected chi connectivity index (χ3v) is 3.23. The molecule has 0 amide bonds. The first-order chi connectivity index (χ1) is 9.52. The van der Waals surface area contributed by atoms with Gasteiger partial charge >= 0.3 is 5.97 Å². The van der Waals surface area contributed by atoms with Gasteiger partial charge in [0, 0.05) is 4.47 Å². The predicted octanol–water partition coefficient (Wildman–Crippen LogP) is 4.82. The lowest BCUT2D eigenvalue weighted by Gasteiger charge is -2.12. The van der Waals surface area contributed by atoms with Crippen LogP contribution in [0.4, 0.5) is 4.39 Å². The van der Waals surface area contributed by atoms with Gasteiger partial charge in [-0.25, -0.2) is 9.18 Å². The van der Waals surface area contributed by atoms with Crippen molar-refractivity contribution >= 4 is 33.5 Å². The van der Waals surface area contributed by atoms with E-state index < -0.39 is 11.8 Å². The van der Waals surface area contributed by atoms with Gasteiger partial charge in [0.05, 0.1) is 12.1 Å². The monoisotopic (exact) mass is 358 g/mol. The van der Waals surface area contributed by atoms with E-state index in [4.69, 9.17) is 16.3 Å². The molecular formula is C14H9BrClFO3. The summed E-state index contributed by atoms with van der Waals surface area (Å²) >= 11 is 9.12. The van der Waals surface area contributed by atoms with Crippen molar-refractivity contribution in [3.05, 3.63) is 57.3 Å². The maximum absolute atomic E-state index is 13.9. The molecule has 0 N–H and O–H groups in total. The molecule has 2 rings (SSSR count). The van der Waals surface area contributed by atoms with Gasteiger partial charge in [-0.15, -0.1) is 0 Å². The van der Waals surface area contributed by atoms with Gasteiger partial charge < -0.3 is 9.47 Å². The molecule has 0 saturated heterocycles. The number of carbonyl (C=O) groups is 1. The summed E-state index contributed by atoms with van der Waals surface area (Å²) in [5.74, 6) is -1.22. The first-order valence-electron chi connectivity index (χ1n) is 5.52. The zero-order valence-corrected chi connectivity index (χ0v) is 12.7. The molecule has 3 nitrogen and oxygen atoms in total. The number of rotatable bonds is 3. The van der Waals surface area contributed by atoms with Crippen molar-refractivity contribution < 1.29 is 18.7 Å². The zero-order chi connectivity index (χ0) is 14.7. The number of carbonyl (C=O) groups excluding carboxylic acids is 1. The van der Waals surface area contributed by atoms with E-state index in [1.54, 1.807) is 24.3 Å². The summed E-state index contributed by atoms with van der Waals surface area (Å²) in [7, 11) is 1.17. The Balaban J connectivity index is 2.50. The number of halogens is 3. The molecule has 0 saturated carbocycles. The number of methoxy groups -OCH3 is 1. The molecule has 6 heteroatoms. The van der Waals surface area contributed by atoms with Gasteiger partial charge in [-0.3, -0.25) is 0 Å². The second kappa shape index (κ2) is 6.24. The van der Waals surface area contributed by atoms with Gasteiger partial charge in [0.1, 0.15) is 22.9 Å². The van der Waals surface area contributed by atoms with Gasteiger partial charge in [-0.2, -0.15) is 0 Å². The van der Waals surface area contributed by atoms with Gasteiger partial charge in [0.25, 0.3) is 0 Å². The Morgan fingerprint density at radius 2 is 1.95 bits per heavy atom. The fourth-order valence-corrected chi connectivity index (χ4v) is 2.16. The Morgan fingerprint density at radius 1 is 1.25 bits per heavy atom. The quantitative estimate of drug-likeness (QED) is 0.737. The number of hydrogen-bond donors (Lipinski definition) is 0. The van der Waals surface area contributed by atoms with E-state index in [0.29, 0.717) is 15.2 Å². The highest BCUT2D eigenvalue weighted by Gasteiger charge is 2.21. The second-order valence-corrected chi connectivity index (χ2v) is 5.11. The maximum Gasteiger partial charge on any atom is 0.344 e. The largest absolute Gasteiger partial charge is 0.465 e. The van der Waals surface area contributed by atoms with E-state index in [-0.39, 0.29) is 11.3 Å². The number of benzene rings is 2. The summed E-state index contributed by atoms with van der Waals surface area (Å²) < 4.78 is 24.4. The number of hydrogen-bond acceptors (Lipinski definition) is 3. The normalized spacial score (nSPS) is 10.2. The number of para-hydroxylation sites is 1. The average molecular weight is 360 g/mol. The van der Waals surface area contributed by atoms with Crippen LogP contribution in [0.5, 0.6) is 11.5 Å². The van der Waals surface area contributed by atoms with Crippen molar-refractivity contribution in [2.45, 2.75) is 0 Å². The molecule has 2 aromatic carbocycles. The Hall–Kier alpha value is -1.59. The summed E-state index contributed by atoms with van der Waals surface area (Å²) in [6.07, 6.45) is 0. The third kappa shape index (κ3) is 3.11. The molecule has 2 aromatic rings. The lowest BCUT2D eigenvalue weighted by atomic mass is 10.2. The second-order valence-electron chi connectivity index (χ2n) is 3.78. The lowest BCUT2D eigenvalue weighted by molar-refractivity contribution is 0.0592. The third-order valence-electron chi connectivity index (χ3n) is 2.46. The van der Waals surface area contributed by atoms with E-state index in [1.807, 2.05) is 0 Å². The molecule has 20 heavy (non-hydrogen) atoms. The summed E-state index contributed by atoms with van der Waals surface area (Å²) in [6.45, 7) is 0. The van der Waals surface area contributed by atoms with Gasteiger partial charge in [-0.1, -0.05) is 39.7 Å². The highest BCUT2D eigenvalue weighted by atomic mass is 79.9. The van der Waals surface area contributed by atoms with Gasteiger partial charge in [0.2, 0.25) is 0 Å². The first kappa shape index (κ1) is 14.8. The molecule has 0 heterocycles. The van der Waals surface area contributed by atoms with Crippen molar-refractivity contribution in [2.24, 2.45) is 0 Å². The highest BCUT2D eigenvalue weighted by Crippen LogP contribution is 2.34. The lowest BCUT2D eigenvalue weighted by Crippen LogP contribution is -2.07. The van der Waals surface area contributed by atoms with Crippen molar-refractivity contribution in [3.8, 4) is 11.5 Å². The van der Waals surface area contributed by atoms with Crippen LogP contribution < -0.4 is 4.74 Å². The molecule has 0 fully saturated rings. The molecule has 0 aromatic heterocycles. The number of ether oxygens (including phenoxy) is 2. The maximum atomic E-state index is 13.9. The smallest absolute Gasteiger partial charge is 0.344 e. The molecule has 0 spiro atoms. The standard InChI is InChI=1S/C14H9BrClFO3/c1-19-14(18)13-10(17)6-8(15)7-12(13)20-11-5-3-2-4-9(11)16/h2-7H,1H3. The molecule has 0 radical (unpaired) electrons. The summed E-state index contributed by atoms with van der Waals surface area (Å²) in [4.78, 5) is 11.7. The fourth-order valence-electron chi connectivity index (χ4n) is 1.58. The SMILES string of the molecule is COC(=O)c1c(F)cc(Br)cc1Oc1ccccc1Cl. The zero-order valence-electron chi connectivity index (χ0n) is 10.3. The van der Waals surface area contributed by atoms with Crippen molar-refractivity contribution in [3.63, 3.8) is 0 Å².